The predicted molar refractivity (Wildman–Crippen MR) is 84.4 cm³/mol. The minimum atomic E-state index is 0.579. The van der Waals surface area contributed by atoms with Gasteiger partial charge in [-0.05, 0) is 24.8 Å². The maximum atomic E-state index is 5.52. The van der Waals surface area contributed by atoms with E-state index in [-0.39, 0.29) is 0 Å². The van der Waals surface area contributed by atoms with Crippen molar-refractivity contribution in [1.82, 2.24) is 5.32 Å². The minimum absolute atomic E-state index is 0.579. The van der Waals surface area contributed by atoms with Gasteiger partial charge in [0.15, 0.2) is 11.5 Å². The van der Waals surface area contributed by atoms with Crippen LogP contribution in [-0.2, 0) is 6.54 Å². The summed E-state index contributed by atoms with van der Waals surface area (Å²) in [6.07, 6.45) is 5.24. The van der Waals surface area contributed by atoms with Gasteiger partial charge in [-0.15, -0.1) is 0 Å². The molecule has 1 aromatic rings. The van der Waals surface area contributed by atoms with E-state index in [1.807, 2.05) is 12.1 Å². The third-order valence-corrected chi connectivity index (χ3v) is 4.17. The summed E-state index contributed by atoms with van der Waals surface area (Å²) in [7, 11) is 4.94. The molecule has 1 fully saturated rings. The van der Waals surface area contributed by atoms with E-state index in [1.165, 1.54) is 19.3 Å². The smallest absolute Gasteiger partial charge is 0.203 e. The minimum Gasteiger partial charge on any atom is -0.493 e. The summed E-state index contributed by atoms with van der Waals surface area (Å²) < 4.78 is 16.3. The van der Waals surface area contributed by atoms with Gasteiger partial charge < -0.3 is 19.5 Å². The molecule has 0 radical (unpaired) electrons. The van der Waals surface area contributed by atoms with Crippen LogP contribution in [0.15, 0.2) is 12.1 Å². The highest BCUT2D eigenvalue weighted by atomic mass is 16.5. The van der Waals surface area contributed by atoms with Crippen LogP contribution in [0.5, 0.6) is 17.2 Å². The molecule has 0 bridgehead atoms. The molecule has 1 unspecified atom stereocenters. The van der Waals surface area contributed by atoms with Crippen molar-refractivity contribution < 1.29 is 14.2 Å². The Hall–Kier alpha value is -1.42. The molecule has 0 aliphatic heterocycles. The van der Waals surface area contributed by atoms with E-state index in [9.17, 15) is 0 Å². The van der Waals surface area contributed by atoms with Crippen LogP contribution < -0.4 is 19.5 Å². The molecule has 0 spiro atoms. The first-order chi connectivity index (χ1) is 10.2. The van der Waals surface area contributed by atoms with Gasteiger partial charge >= 0.3 is 0 Å². The highest BCUT2D eigenvalue weighted by Gasteiger charge is 2.25. The second-order valence-corrected chi connectivity index (χ2v) is 5.66. The third kappa shape index (κ3) is 4.03. The maximum Gasteiger partial charge on any atom is 0.203 e. The molecule has 0 amide bonds. The molecule has 4 heteroatoms. The van der Waals surface area contributed by atoms with Gasteiger partial charge in [0, 0.05) is 18.2 Å². The molecule has 0 heterocycles. The van der Waals surface area contributed by atoms with Crippen LogP contribution in [0.4, 0.5) is 0 Å². The molecular formula is C17H27NO3. The van der Waals surface area contributed by atoms with Gasteiger partial charge in [0.25, 0.3) is 0 Å². The summed E-state index contributed by atoms with van der Waals surface area (Å²) >= 11 is 0. The van der Waals surface area contributed by atoms with E-state index >= 15 is 0 Å². The second kappa shape index (κ2) is 7.55. The lowest BCUT2D eigenvalue weighted by atomic mass is 10.1. The fraction of sp³-hybridized carbons (Fsp3) is 0.647. The monoisotopic (exact) mass is 293 g/mol. The number of nitrogens with one attached hydrogen (secondary N) is 1. The van der Waals surface area contributed by atoms with Crippen LogP contribution in [-0.4, -0.2) is 27.4 Å². The molecule has 4 nitrogen and oxygen atoms in total. The Kier molecular flexibility index (Phi) is 5.74. The van der Waals surface area contributed by atoms with Gasteiger partial charge in [0.1, 0.15) is 0 Å². The molecule has 1 aliphatic carbocycles. The number of methoxy groups -OCH3 is 3. The molecule has 1 saturated carbocycles. The lowest BCUT2D eigenvalue weighted by Gasteiger charge is -2.19. The number of benzene rings is 1. The molecule has 0 saturated heterocycles. The summed E-state index contributed by atoms with van der Waals surface area (Å²) in [5.74, 6) is 3.05. The molecule has 21 heavy (non-hydrogen) atoms. The molecular weight excluding hydrogens is 266 g/mol. The topological polar surface area (TPSA) is 39.7 Å². The Labute approximate surface area is 127 Å². The maximum absolute atomic E-state index is 5.52. The first kappa shape index (κ1) is 16.0. The van der Waals surface area contributed by atoms with E-state index in [2.05, 4.69) is 12.2 Å². The fourth-order valence-electron chi connectivity index (χ4n) is 2.71. The summed E-state index contributed by atoms with van der Waals surface area (Å²) in [5.41, 5.74) is 1.10. The molecule has 0 aromatic heterocycles. The van der Waals surface area contributed by atoms with E-state index in [1.54, 1.807) is 21.3 Å². The number of hydrogen-bond donors (Lipinski definition) is 1. The van der Waals surface area contributed by atoms with Gasteiger partial charge in [-0.1, -0.05) is 25.8 Å². The quantitative estimate of drug-likeness (QED) is 0.757. The number of hydrogen-bond acceptors (Lipinski definition) is 4. The Morgan fingerprint density at radius 3 is 2.33 bits per heavy atom. The zero-order valence-corrected chi connectivity index (χ0v) is 13.6. The summed E-state index contributed by atoms with van der Waals surface area (Å²) in [6.45, 7) is 3.03. The van der Waals surface area contributed by atoms with Crippen molar-refractivity contribution in [3.63, 3.8) is 0 Å². The summed E-state index contributed by atoms with van der Waals surface area (Å²) in [5, 5.41) is 3.64. The van der Waals surface area contributed by atoms with Crippen molar-refractivity contribution in [1.29, 1.82) is 0 Å². The first-order valence-electron chi connectivity index (χ1n) is 7.74. The van der Waals surface area contributed by atoms with Crippen molar-refractivity contribution in [2.75, 3.05) is 21.3 Å². The van der Waals surface area contributed by atoms with Crippen molar-refractivity contribution in [2.45, 2.75) is 45.2 Å². The van der Waals surface area contributed by atoms with Crippen molar-refractivity contribution in [2.24, 2.45) is 5.92 Å². The molecule has 118 valence electrons. The zero-order valence-electron chi connectivity index (χ0n) is 13.6. The van der Waals surface area contributed by atoms with Crippen LogP contribution in [0.3, 0.4) is 0 Å². The van der Waals surface area contributed by atoms with Crippen LogP contribution in [0, 0.1) is 5.92 Å². The zero-order chi connectivity index (χ0) is 15.2. The largest absolute Gasteiger partial charge is 0.493 e. The van der Waals surface area contributed by atoms with Gasteiger partial charge in [-0.25, -0.2) is 0 Å². The number of ether oxygens (including phenoxy) is 3. The number of rotatable bonds is 9. The van der Waals surface area contributed by atoms with Crippen molar-refractivity contribution >= 4 is 0 Å². The second-order valence-electron chi connectivity index (χ2n) is 5.66. The summed E-state index contributed by atoms with van der Waals surface area (Å²) in [6, 6.07) is 4.55. The molecule has 2 rings (SSSR count). The Morgan fingerprint density at radius 2 is 1.81 bits per heavy atom. The highest BCUT2D eigenvalue weighted by Crippen LogP contribution is 2.40. The van der Waals surface area contributed by atoms with Gasteiger partial charge in [0.2, 0.25) is 5.75 Å². The van der Waals surface area contributed by atoms with Crippen LogP contribution in [0.25, 0.3) is 0 Å². The highest BCUT2D eigenvalue weighted by molar-refractivity contribution is 5.55. The van der Waals surface area contributed by atoms with Gasteiger partial charge in [0.05, 0.1) is 21.3 Å². The Balaban J connectivity index is 2.07. The standard InChI is InChI=1S/C17H27NO3/c1-5-14(10-12-6-7-12)18-11-13-8-9-15(19-2)17(21-4)16(13)20-3/h8-9,12,14,18H,5-7,10-11H2,1-4H3. The van der Waals surface area contributed by atoms with Gasteiger partial charge in [-0.3, -0.25) is 0 Å². The first-order valence-corrected chi connectivity index (χ1v) is 7.74. The van der Waals surface area contributed by atoms with E-state index in [0.29, 0.717) is 17.5 Å². The average Bonchev–Trinajstić information content (AvgIpc) is 3.34. The molecule has 1 N–H and O–H groups in total. The van der Waals surface area contributed by atoms with Crippen LogP contribution in [0.1, 0.15) is 38.2 Å². The van der Waals surface area contributed by atoms with Crippen LogP contribution >= 0.6 is 0 Å². The lowest BCUT2D eigenvalue weighted by Crippen LogP contribution is -2.28. The Morgan fingerprint density at radius 1 is 1.10 bits per heavy atom. The fourth-order valence-corrected chi connectivity index (χ4v) is 2.71. The van der Waals surface area contributed by atoms with E-state index in [0.717, 1.165) is 30.2 Å². The molecule has 1 aliphatic rings. The van der Waals surface area contributed by atoms with Crippen LogP contribution in [0.2, 0.25) is 0 Å². The van der Waals surface area contributed by atoms with Crippen molar-refractivity contribution in [3.05, 3.63) is 17.7 Å². The van der Waals surface area contributed by atoms with E-state index in [4.69, 9.17) is 14.2 Å². The SMILES string of the molecule is CCC(CC1CC1)NCc1ccc(OC)c(OC)c1OC. The summed E-state index contributed by atoms with van der Waals surface area (Å²) in [4.78, 5) is 0. The van der Waals surface area contributed by atoms with Gasteiger partial charge in [-0.2, -0.15) is 0 Å². The molecule has 1 aromatic carbocycles. The van der Waals surface area contributed by atoms with E-state index < -0.39 is 0 Å². The molecule has 1 atom stereocenters. The average molecular weight is 293 g/mol. The predicted octanol–water partition coefficient (Wildman–Crippen LogP) is 3.38. The Bertz CT molecular complexity index is 458. The third-order valence-electron chi connectivity index (χ3n) is 4.17. The van der Waals surface area contributed by atoms with Crippen molar-refractivity contribution in [3.8, 4) is 17.2 Å². The lowest BCUT2D eigenvalue weighted by molar-refractivity contribution is 0.320. The normalized spacial score (nSPS) is 15.6.